The Morgan fingerprint density at radius 2 is 1.93 bits per heavy atom. The van der Waals surface area contributed by atoms with E-state index >= 15 is 0 Å². The van der Waals surface area contributed by atoms with Crippen LogP contribution < -0.4 is 5.32 Å². The maximum Gasteiger partial charge on any atom is 0.0207 e. The van der Waals surface area contributed by atoms with E-state index in [0.717, 1.165) is 6.42 Å². The SMILES string of the molecule is CCC(Cc1ccccc1Br)NC(C)C. The van der Waals surface area contributed by atoms with E-state index in [4.69, 9.17) is 0 Å². The minimum Gasteiger partial charge on any atom is -0.311 e. The van der Waals surface area contributed by atoms with E-state index in [1.54, 1.807) is 0 Å². The Labute approximate surface area is 101 Å². The topological polar surface area (TPSA) is 12.0 Å². The van der Waals surface area contributed by atoms with Crippen LogP contribution in [0.3, 0.4) is 0 Å². The molecule has 0 heterocycles. The summed E-state index contributed by atoms with van der Waals surface area (Å²) in [6.45, 7) is 6.63. The Hall–Kier alpha value is -0.340. The normalized spacial score (nSPS) is 13.1. The second kappa shape index (κ2) is 6.29. The van der Waals surface area contributed by atoms with E-state index < -0.39 is 0 Å². The predicted octanol–water partition coefficient (Wildman–Crippen LogP) is 3.77. The van der Waals surface area contributed by atoms with Gasteiger partial charge in [-0.25, -0.2) is 0 Å². The Balaban J connectivity index is 2.62. The summed E-state index contributed by atoms with van der Waals surface area (Å²) in [5.74, 6) is 0. The van der Waals surface area contributed by atoms with Gasteiger partial charge in [-0.05, 0) is 24.5 Å². The third-order valence-corrected chi connectivity index (χ3v) is 3.26. The third-order valence-electron chi connectivity index (χ3n) is 2.49. The fraction of sp³-hybridized carbons (Fsp3) is 0.538. The van der Waals surface area contributed by atoms with Crippen molar-refractivity contribution < 1.29 is 0 Å². The maximum absolute atomic E-state index is 3.59. The second-order valence-electron chi connectivity index (χ2n) is 4.22. The molecule has 1 unspecified atom stereocenters. The lowest BCUT2D eigenvalue weighted by atomic mass is 10.0. The first-order chi connectivity index (χ1) is 7.13. The van der Waals surface area contributed by atoms with Crippen LogP contribution in [-0.2, 0) is 6.42 Å². The first kappa shape index (κ1) is 12.7. The molecule has 1 aromatic carbocycles. The average molecular weight is 270 g/mol. The molecule has 1 rings (SSSR count). The highest BCUT2D eigenvalue weighted by Gasteiger charge is 2.09. The summed E-state index contributed by atoms with van der Waals surface area (Å²) in [5.41, 5.74) is 1.39. The van der Waals surface area contributed by atoms with E-state index in [1.165, 1.54) is 16.5 Å². The summed E-state index contributed by atoms with van der Waals surface area (Å²) in [5, 5.41) is 3.58. The first-order valence-corrected chi connectivity index (χ1v) is 6.42. The molecule has 0 radical (unpaired) electrons. The molecule has 0 spiro atoms. The van der Waals surface area contributed by atoms with Crippen molar-refractivity contribution in [1.29, 1.82) is 0 Å². The summed E-state index contributed by atoms with van der Waals surface area (Å²) in [7, 11) is 0. The van der Waals surface area contributed by atoms with Gasteiger partial charge in [0.05, 0.1) is 0 Å². The van der Waals surface area contributed by atoms with Crippen molar-refractivity contribution in [1.82, 2.24) is 5.32 Å². The molecule has 0 aliphatic carbocycles. The molecule has 0 bridgehead atoms. The summed E-state index contributed by atoms with van der Waals surface area (Å²) in [6.07, 6.45) is 2.26. The van der Waals surface area contributed by atoms with Gasteiger partial charge in [0.25, 0.3) is 0 Å². The summed E-state index contributed by atoms with van der Waals surface area (Å²) in [6, 6.07) is 9.58. The van der Waals surface area contributed by atoms with E-state index in [9.17, 15) is 0 Å². The van der Waals surface area contributed by atoms with Crippen LogP contribution in [0.5, 0.6) is 0 Å². The highest BCUT2D eigenvalue weighted by atomic mass is 79.9. The zero-order valence-corrected chi connectivity index (χ0v) is 11.3. The molecule has 0 amide bonds. The molecular formula is C13H20BrN. The van der Waals surface area contributed by atoms with Crippen LogP contribution in [0.2, 0.25) is 0 Å². The van der Waals surface area contributed by atoms with Gasteiger partial charge in [-0.3, -0.25) is 0 Å². The van der Waals surface area contributed by atoms with Crippen molar-refractivity contribution in [3.05, 3.63) is 34.3 Å². The van der Waals surface area contributed by atoms with Crippen molar-refractivity contribution in [3.8, 4) is 0 Å². The molecule has 1 N–H and O–H groups in total. The van der Waals surface area contributed by atoms with Gasteiger partial charge < -0.3 is 5.32 Å². The van der Waals surface area contributed by atoms with Gasteiger partial charge >= 0.3 is 0 Å². The lowest BCUT2D eigenvalue weighted by Crippen LogP contribution is -2.35. The predicted molar refractivity (Wildman–Crippen MR) is 70.2 cm³/mol. The van der Waals surface area contributed by atoms with Crippen molar-refractivity contribution in [3.63, 3.8) is 0 Å². The van der Waals surface area contributed by atoms with Crippen molar-refractivity contribution in [2.75, 3.05) is 0 Å². The zero-order valence-electron chi connectivity index (χ0n) is 9.76. The number of rotatable bonds is 5. The molecule has 0 fully saturated rings. The van der Waals surface area contributed by atoms with Gasteiger partial charge in [-0.15, -0.1) is 0 Å². The molecule has 0 aliphatic heterocycles. The fourth-order valence-electron chi connectivity index (χ4n) is 1.72. The molecule has 0 aromatic heterocycles. The highest BCUT2D eigenvalue weighted by molar-refractivity contribution is 9.10. The van der Waals surface area contributed by atoms with Crippen LogP contribution in [-0.4, -0.2) is 12.1 Å². The molecule has 0 saturated carbocycles. The monoisotopic (exact) mass is 269 g/mol. The zero-order chi connectivity index (χ0) is 11.3. The van der Waals surface area contributed by atoms with Crippen LogP contribution in [0.15, 0.2) is 28.7 Å². The Morgan fingerprint density at radius 1 is 1.27 bits per heavy atom. The van der Waals surface area contributed by atoms with Crippen LogP contribution in [0.4, 0.5) is 0 Å². The molecule has 0 aliphatic rings. The molecule has 84 valence electrons. The lowest BCUT2D eigenvalue weighted by molar-refractivity contribution is 0.448. The standard InChI is InChI=1S/C13H20BrN/c1-4-12(15-10(2)3)9-11-7-5-6-8-13(11)14/h5-8,10,12,15H,4,9H2,1-3H3. The van der Waals surface area contributed by atoms with Crippen molar-refractivity contribution in [2.24, 2.45) is 0 Å². The molecule has 1 nitrogen and oxygen atoms in total. The maximum atomic E-state index is 3.59. The minimum atomic E-state index is 0.553. The molecule has 1 aromatic rings. The smallest absolute Gasteiger partial charge is 0.0207 e. The van der Waals surface area contributed by atoms with Gasteiger partial charge in [0.1, 0.15) is 0 Å². The Kier molecular flexibility index (Phi) is 5.34. The lowest BCUT2D eigenvalue weighted by Gasteiger charge is -2.20. The summed E-state index contributed by atoms with van der Waals surface area (Å²) >= 11 is 3.59. The molecule has 1 atom stereocenters. The number of hydrogen-bond donors (Lipinski definition) is 1. The molecule has 0 saturated heterocycles. The Morgan fingerprint density at radius 3 is 2.47 bits per heavy atom. The first-order valence-electron chi connectivity index (χ1n) is 5.63. The number of benzene rings is 1. The van der Waals surface area contributed by atoms with Gasteiger partial charge in [0.2, 0.25) is 0 Å². The van der Waals surface area contributed by atoms with Crippen LogP contribution >= 0.6 is 15.9 Å². The van der Waals surface area contributed by atoms with Gasteiger partial charge in [-0.1, -0.05) is 54.9 Å². The van der Waals surface area contributed by atoms with Gasteiger partial charge in [-0.2, -0.15) is 0 Å². The number of halogens is 1. The number of nitrogens with one attached hydrogen (secondary N) is 1. The third kappa shape index (κ3) is 4.35. The second-order valence-corrected chi connectivity index (χ2v) is 5.08. The van der Waals surface area contributed by atoms with E-state index in [-0.39, 0.29) is 0 Å². The quantitative estimate of drug-likeness (QED) is 0.858. The van der Waals surface area contributed by atoms with E-state index in [0.29, 0.717) is 12.1 Å². The van der Waals surface area contributed by atoms with Crippen molar-refractivity contribution in [2.45, 2.75) is 45.7 Å². The van der Waals surface area contributed by atoms with E-state index in [1.807, 2.05) is 0 Å². The highest BCUT2D eigenvalue weighted by Crippen LogP contribution is 2.18. The fourth-order valence-corrected chi connectivity index (χ4v) is 2.17. The average Bonchev–Trinajstić information content (AvgIpc) is 2.19. The minimum absolute atomic E-state index is 0.553. The molecule has 15 heavy (non-hydrogen) atoms. The number of hydrogen-bond acceptors (Lipinski definition) is 1. The largest absolute Gasteiger partial charge is 0.311 e. The molecular weight excluding hydrogens is 250 g/mol. The van der Waals surface area contributed by atoms with Gasteiger partial charge in [0, 0.05) is 16.6 Å². The van der Waals surface area contributed by atoms with Crippen LogP contribution in [0.1, 0.15) is 32.8 Å². The van der Waals surface area contributed by atoms with E-state index in [2.05, 4.69) is 66.3 Å². The van der Waals surface area contributed by atoms with Crippen LogP contribution in [0.25, 0.3) is 0 Å². The molecule has 2 heteroatoms. The summed E-state index contributed by atoms with van der Waals surface area (Å²) < 4.78 is 1.22. The van der Waals surface area contributed by atoms with Crippen LogP contribution in [0, 0.1) is 0 Å². The Bertz CT molecular complexity index is 296. The summed E-state index contributed by atoms with van der Waals surface area (Å²) in [4.78, 5) is 0. The van der Waals surface area contributed by atoms with Crippen molar-refractivity contribution >= 4 is 15.9 Å². The van der Waals surface area contributed by atoms with Gasteiger partial charge in [0.15, 0.2) is 0 Å².